The van der Waals surface area contributed by atoms with Gasteiger partial charge in [-0.15, -0.1) is 0 Å². The molecule has 0 radical (unpaired) electrons. The number of nitrogens with one attached hydrogen (secondary N) is 1. The highest BCUT2D eigenvalue weighted by atomic mass is 19.1. The molecule has 1 fully saturated rings. The Bertz CT molecular complexity index is 553. The summed E-state index contributed by atoms with van der Waals surface area (Å²) in [6.07, 6.45) is 2.44. The predicted octanol–water partition coefficient (Wildman–Crippen LogP) is 2.89. The Balaban J connectivity index is 2.05. The van der Waals surface area contributed by atoms with Gasteiger partial charge >= 0.3 is 0 Å². The number of aliphatic imine (C=N–C) groups is 1. The van der Waals surface area contributed by atoms with E-state index in [0.29, 0.717) is 12.6 Å². The van der Waals surface area contributed by atoms with Crippen molar-refractivity contribution in [2.75, 3.05) is 46.9 Å². The monoisotopic (exact) mass is 364 g/mol. The van der Waals surface area contributed by atoms with Gasteiger partial charge in [-0.3, -0.25) is 4.99 Å². The number of likely N-dealkylation sites (tertiary alicyclic amines) is 1. The molecule has 0 amide bonds. The molecule has 0 spiro atoms. The summed E-state index contributed by atoms with van der Waals surface area (Å²) in [5.41, 5.74) is 1.08. The van der Waals surface area contributed by atoms with Crippen LogP contribution in [0.25, 0.3) is 0 Å². The van der Waals surface area contributed by atoms with E-state index >= 15 is 0 Å². The zero-order valence-corrected chi connectivity index (χ0v) is 16.5. The van der Waals surface area contributed by atoms with Crippen molar-refractivity contribution in [2.45, 2.75) is 38.8 Å². The standard InChI is InChI=1S/C20H33FN4O/c1-5-22-20(25-13-11-18(12-14-25)26-6-2)23-15-19(24(3)4)16-7-9-17(21)10-8-16/h7-10,18-19H,5-6,11-15H2,1-4H3,(H,22,23). The van der Waals surface area contributed by atoms with Crippen molar-refractivity contribution < 1.29 is 9.13 Å². The van der Waals surface area contributed by atoms with Crippen molar-refractivity contribution in [3.63, 3.8) is 0 Å². The van der Waals surface area contributed by atoms with Gasteiger partial charge in [0, 0.05) is 26.2 Å². The summed E-state index contributed by atoms with van der Waals surface area (Å²) in [5, 5.41) is 3.41. The average molecular weight is 365 g/mol. The summed E-state index contributed by atoms with van der Waals surface area (Å²) in [6.45, 7) is 8.31. The number of hydrogen-bond acceptors (Lipinski definition) is 3. The predicted molar refractivity (Wildman–Crippen MR) is 105 cm³/mol. The zero-order chi connectivity index (χ0) is 18.9. The number of rotatable bonds is 7. The molecule has 1 aliphatic heterocycles. The van der Waals surface area contributed by atoms with Crippen LogP contribution in [-0.4, -0.2) is 68.7 Å². The van der Waals surface area contributed by atoms with Crippen molar-refractivity contribution in [3.8, 4) is 0 Å². The summed E-state index contributed by atoms with van der Waals surface area (Å²) in [5.74, 6) is 0.747. The summed E-state index contributed by atoms with van der Waals surface area (Å²) >= 11 is 0. The van der Waals surface area contributed by atoms with Gasteiger partial charge in [-0.25, -0.2) is 4.39 Å². The van der Waals surface area contributed by atoms with Gasteiger partial charge in [0.2, 0.25) is 0 Å². The van der Waals surface area contributed by atoms with E-state index in [1.807, 2.05) is 26.2 Å². The molecular weight excluding hydrogens is 331 g/mol. The van der Waals surface area contributed by atoms with Crippen LogP contribution in [0.5, 0.6) is 0 Å². The zero-order valence-electron chi connectivity index (χ0n) is 16.5. The third-order valence-electron chi connectivity index (χ3n) is 4.77. The summed E-state index contributed by atoms with van der Waals surface area (Å²) < 4.78 is 19.0. The Hall–Kier alpha value is -1.66. The molecule has 0 saturated carbocycles. The minimum atomic E-state index is -0.208. The SMILES string of the molecule is CCNC(=NCC(c1ccc(F)cc1)N(C)C)N1CCC(OCC)CC1. The van der Waals surface area contributed by atoms with Gasteiger partial charge in [0.15, 0.2) is 5.96 Å². The van der Waals surface area contributed by atoms with Crippen LogP contribution in [0, 0.1) is 5.82 Å². The fraction of sp³-hybridized carbons (Fsp3) is 0.650. The van der Waals surface area contributed by atoms with Crippen LogP contribution in [0.4, 0.5) is 4.39 Å². The fourth-order valence-corrected chi connectivity index (χ4v) is 3.32. The van der Waals surface area contributed by atoms with E-state index in [1.165, 1.54) is 12.1 Å². The van der Waals surface area contributed by atoms with Gasteiger partial charge in [-0.1, -0.05) is 12.1 Å². The third kappa shape index (κ3) is 5.95. The second-order valence-corrected chi connectivity index (χ2v) is 6.87. The molecule has 1 aliphatic rings. The molecule has 6 heteroatoms. The first-order chi connectivity index (χ1) is 12.5. The first-order valence-electron chi connectivity index (χ1n) is 9.61. The third-order valence-corrected chi connectivity index (χ3v) is 4.77. The molecule has 1 atom stereocenters. The molecule has 26 heavy (non-hydrogen) atoms. The normalized spacial score (nSPS) is 17.6. The number of guanidine groups is 1. The Morgan fingerprint density at radius 2 is 1.92 bits per heavy atom. The van der Waals surface area contributed by atoms with Crippen molar-refractivity contribution in [1.82, 2.24) is 15.1 Å². The number of benzene rings is 1. The minimum absolute atomic E-state index is 0.116. The molecule has 1 aromatic rings. The number of nitrogens with zero attached hydrogens (tertiary/aromatic N) is 3. The Labute approximate surface area is 157 Å². The Morgan fingerprint density at radius 3 is 2.46 bits per heavy atom. The number of hydrogen-bond donors (Lipinski definition) is 1. The second-order valence-electron chi connectivity index (χ2n) is 6.87. The fourth-order valence-electron chi connectivity index (χ4n) is 3.32. The lowest BCUT2D eigenvalue weighted by Crippen LogP contribution is -2.47. The van der Waals surface area contributed by atoms with Crippen LogP contribution >= 0.6 is 0 Å². The highest BCUT2D eigenvalue weighted by Crippen LogP contribution is 2.20. The number of ether oxygens (including phenoxy) is 1. The van der Waals surface area contributed by atoms with Gasteiger partial charge in [0.1, 0.15) is 5.82 Å². The molecule has 1 saturated heterocycles. The van der Waals surface area contributed by atoms with Crippen LogP contribution in [0.15, 0.2) is 29.3 Å². The molecule has 1 heterocycles. The first-order valence-corrected chi connectivity index (χ1v) is 9.61. The number of halogens is 1. The number of likely N-dealkylation sites (N-methyl/N-ethyl adjacent to an activating group) is 1. The summed E-state index contributed by atoms with van der Waals surface area (Å²) in [7, 11) is 4.06. The topological polar surface area (TPSA) is 40.1 Å². The van der Waals surface area contributed by atoms with E-state index in [9.17, 15) is 4.39 Å². The lowest BCUT2D eigenvalue weighted by atomic mass is 10.1. The summed E-state index contributed by atoms with van der Waals surface area (Å²) in [4.78, 5) is 9.33. The molecule has 1 unspecified atom stereocenters. The van der Waals surface area contributed by atoms with Crippen LogP contribution in [0.1, 0.15) is 38.3 Å². The molecule has 146 valence electrons. The van der Waals surface area contributed by atoms with Gasteiger partial charge < -0.3 is 19.9 Å². The highest BCUT2D eigenvalue weighted by Gasteiger charge is 2.22. The Morgan fingerprint density at radius 1 is 1.27 bits per heavy atom. The van der Waals surface area contributed by atoms with E-state index in [-0.39, 0.29) is 11.9 Å². The Kier molecular flexibility index (Phi) is 8.32. The van der Waals surface area contributed by atoms with E-state index in [4.69, 9.17) is 9.73 Å². The first kappa shape index (κ1) is 20.6. The number of piperidine rings is 1. The van der Waals surface area contributed by atoms with Crippen LogP contribution in [0.2, 0.25) is 0 Å². The summed E-state index contributed by atoms with van der Waals surface area (Å²) in [6, 6.07) is 6.83. The van der Waals surface area contributed by atoms with E-state index in [0.717, 1.165) is 50.6 Å². The average Bonchev–Trinajstić information content (AvgIpc) is 2.63. The van der Waals surface area contributed by atoms with Gasteiger partial charge in [0.25, 0.3) is 0 Å². The van der Waals surface area contributed by atoms with Crippen molar-refractivity contribution >= 4 is 5.96 Å². The molecule has 2 rings (SSSR count). The maximum atomic E-state index is 13.2. The molecule has 1 N–H and O–H groups in total. The van der Waals surface area contributed by atoms with Crippen molar-refractivity contribution in [1.29, 1.82) is 0 Å². The van der Waals surface area contributed by atoms with Crippen molar-refractivity contribution in [3.05, 3.63) is 35.6 Å². The largest absolute Gasteiger partial charge is 0.378 e. The maximum Gasteiger partial charge on any atom is 0.193 e. The van der Waals surface area contributed by atoms with E-state index in [2.05, 4.69) is 29.0 Å². The van der Waals surface area contributed by atoms with Gasteiger partial charge in [-0.05, 0) is 58.5 Å². The molecule has 1 aromatic carbocycles. The molecule has 0 bridgehead atoms. The van der Waals surface area contributed by atoms with E-state index in [1.54, 1.807) is 0 Å². The van der Waals surface area contributed by atoms with Crippen molar-refractivity contribution in [2.24, 2.45) is 4.99 Å². The lowest BCUT2D eigenvalue weighted by Gasteiger charge is -2.34. The molecular formula is C20H33FN4O. The van der Waals surface area contributed by atoms with Gasteiger partial charge in [-0.2, -0.15) is 0 Å². The van der Waals surface area contributed by atoms with Crippen LogP contribution in [0.3, 0.4) is 0 Å². The molecule has 0 aromatic heterocycles. The van der Waals surface area contributed by atoms with Crippen LogP contribution in [-0.2, 0) is 4.74 Å². The molecule has 5 nitrogen and oxygen atoms in total. The smallest absolute Gasteiger partial charge is 0.193 e. The second kappa shape index (κ2) is 10.5. The highest BCUT2D eigenvalue weighted by molar-refractivity contribution is 5.80. The van der Waals surface area contributed by atoms with Crippen LogP contribution < -0.4 is 5.32 Å². The molecule has 0 aliphatic carbocycles. The lowest BCUT2D eigenvalue weighted by molar-refractivity contribution is 0.0263. The van der Waals surface area contributed by atoms with Gasteiger partial charge in [0.05, 0.1) is 18.7 Å². The maximum absolute atomic E-state index is 13.2. The minimum Gasteiger partial charge on any atom is -0.378 e. The quantitative estimate of drug-likeness (QED) is 0.597. The van der Waals surface area contributed by atoms with E-state index < -0.39 is 0 Å².